The third-order valence-electron chi connectivity index (χ3n) is 2.95. The summed E-state index contributed by atoms with van der Waals surface area (Å²) in [5.41, 5.74) is 0. The second kappa shape index (κ2) is 9.23. The Balaban J connectivity index is 2.31. The van der Waals surface area contributed by atoms with E-state index in [4.69, 9.17) is 9.47 Å². The van der Waals surface area contributed by atoms with Crippen molar-refractivity contribution in [2.24, 2.45) is 0 Å². The fourth-order valence-electron chi connectivity index (χ4n) is 1.82. The summed E-state index contributed by atoms with van der Waals surface area (Å²) >= 11 is 0. The van der Waals surface area contributed by atoms with Gasteiger partial charge in [0.05, 0.1) is 13.2 Å². The van der Waals surface area contributed by atoms with Crippen molar-refractivity contribution < 1.29 is 14.3 Å². The van der Waals surface area contributed by atoms with Crippen molar-refractivity contribution in [3.63, 3.8) is 0 Å². The van der Waals surface area contributed by atoms with Crippen LogP contribution in [0.2, 0.25) is 0 Å². The standard InChI is InChI=1S/C14H24O3/c1-13-14(15)17-12-10-8-6-4-2-3-5-7-9-11-16-13/h7,9,13H,2-6,8,10-12H2,1H3/b9-7+. The molecule has 0 amide bonds. The molecule has 0 aromatic rings. The summed E-state index contributed by atoms with van der Waals surface area (Å²) in [4.78, 5) is 11.5. The molecule has 1 atom stereocenters. The van der Waals surface area contributed by atoms with Crippen molar-refractivity contribution in [3.05, 3.63) is 12.2 Å². The van der Waals surface area contributed by atoms with Gasteiger partial charge in [-0.05, 0) is 26.2 Å². The van der Waals surface area contributed by atoms with Gasteiger partial charge in [-0.1, -0.05) is 37.8 Å². The Hall–Kier alpha value is -0.830. The van der Waals surface area contributed by atoms with Crippen molar-refractivity contribution in [1.82, 2.24) is 0 Å². The molecule has 0 bridgehead atoms. The quantitative estimate of drug-likeness (QED) is 0.481. The molecule has 1 aliphatic heterocycles. The summed E-state index contributed by atoms with van der Waals surface area (Å²) in [5.74, 6) is -0.242. The Labute approximate surface area is 104 Å². The normalized spacial score (nSPS) is 27.6. The Bertz CT molecular complexity index is 236. The first-order valence-electron chi connectivity index (χ1n) is 6.74. The molecule has 1 heterocycles. The summed E-state index contributed by atoms with van der Waals surface area (Å²) in [6, 6.07) is 0. The van der Waals surface area contributed by atoms with E-state index in [9.17, 15) is 4.79 Å². The van der Waals surface area contributed by atoms with Crippen molar-refractivity contribution in [2.75, 3.05) is 13.2 Å². The van der Waals surface area contributed by atoms with Crippen LogP contribution in [0.1, 0.15) is 51.9 Å². The predicted molar refractivity (Wildman–Crippen MR) is 67.8 cm³/mol. The maximum absolute atomic E-state index is 11.5. The molecule has 0 saturated heterocycles. The molecule has 0 N–H and O–H groups in total. The minimum Gasteiger partial charge on any atom is -0.464 e. The molecule has 1 rings (SSSR count). The number of carbonyl (C=O) groups excluding carboxylic acids is 1. The zero-order chi connectivity index (χ0) is 12.3. The maximum Gasteiger partial charge on any atom is 0.334 e. The maximum atomic E-state index is 11.5. The molecule has 0 spiro atoms. The van der Waals surface area contributed by atoms with Gasteiger partial charge < -0.3 is 9.47 Å². The predicted octanol–water partition coefficient (Wildman–Crippen LogP) is 3.24. The van der Waals surface area contributed by atoms with E-state index in [0.29, 0.717) is 13.2 Å². The molecule has 0 aromatic carbocycles. The zero-order valence-electron chi connectivity index (χ0n) is 10.8. The molecule has 1 unspecified atom stereocenters. The molecule has 0 aromatic heterocycles. The van der Waals surface area contributed by atoms with Gasteiger partial charge in [0.2, 0.25) is 0 Å². The second-order valence-corrected chi connectivity index (χ2v) is 4.52. The third kappa shape index (κ3) is 7.16. The van der Waals surface area contributed by atoms with Gasteiger partial charge in [0.25, 0.3) is 0 Å². The van der Waals surface area contributed by atoms with Gasteiger partial charge in [-0.2, -0.15) is 0 Å². The van der Waals surface area contributed by atoms with Gasteiger partial charge in [-0.15, -0.1) is 0 Å². The number of cyclic esters (lactones) is 1. The molecule has 1 aliphatic rings. The van der Waals surface area contributed by atoms with Gasteiger partial charge in [-0.25, -0.2) is 4.79 Å². The smallest absolute Gasteiger partial charge is 0.334 e. The number of carbonyl (C=O) groups is 1. The van der Waals surface area contributed by atoms with Crippen LogP contribution in [0.4, 0.5) is 0 Å². The Morgan fingerprint density at radius 2 is 1.76 bits per heavy atom. The van der Waals surface area contributed by atoms with Crippen molar-refractivity contribution in [3.8, 4) is 0 Å². The van der Waals surface area contributed by atoms with E-state index in [0.717, 1.165) is 19.3 Å². The van der Waals surface area contributed by atoms with Gasteiger partial charge in [0, 0.05) is 0 Å². The number of ether oxygens (including phenoxy) is 2. The van der Waals surface area contributed by atoms with Crippen LogP contribution < -0.4 is 0 Å². The minimum absolute atomic E-state index is 0.242. The molecule has 3 heteroatoms. The van der Waals surface area contributed by atoms with E-state index in [1.54, 1.807) is 6.92 Å². The third-order valence-corrected chi connectivity index (χ3v) is 2.95. The van der Waals surface area contributed by atoms with Gasteiger partial charge in [0.15, 0.2) is 6.10 Å². The average Bonchev–Trinajstić information content (AvgIpc) is 2.34. The van der Waals surface area contributed by atoms with Crippen LogP contribution in [0.25, 0.3) is 0 Å². The number of esters is 1. The van der Waals surface area contributed by atoms with Crippen LogP contribution in [0.5, 0.6) is 0 Å². The summed E-state index contributed by atoms with van der Waals surface area (Å²) < 4.78 is 10.5. The highest BCUT2D eigenvalue weighted by molar-refractivity contribution is 5.74. The summed E-state index contributed by atoms with van der Waals surface area (Å²) in [7, 11) is 0. The summed E-state index contributed by atoms with van der Waals surface area (Å²) in [6.45, 7) is 2.77. The number of allylic oxidation sites excluding steroid dienone is 1. The zero-order valence-corrected chi connectivity index (χ0v) is 10.8. The van der Waals surface area contributed by atoms with Crippen LogP contribution in [-0.2, 0) is 14.3 Å². The lowest BCUT2D eigenvalue weighted by Crippen LogP contribution is -2.23. The molecule has 0 radical (unpaired) electrons. The van der Waals surface area contributed by atoms with Crippen LogP contribution in [0.15, 0.2) is 12.2 Å². The Kier molecular flexibility index (Phi) is 7.72. The first kappa shape index (κ1) is 14.2. The van der Waals surface area contributed by atoms with Crippen LogP contribution >= 0.6 is 0 Å². The number of rotatable bonds is 0. The van der Waals surface area contributed by atoms with Crippen molar-refractivity contribution in [2.45, 2.75) is 58.0 Å². The largest absolute Gasteiger partial charge is 0.464 e. The van der Waals surface area contributed by atoms with Gasteiger partial charge >= 0.3 is 5.97 Å². The highest BCUT2D eigenvalue weighted by Gasteiger charge is 2.13. The number of hydrogen-bond acceptors (Lipinski definition) is 3. The fourth-order valence-corrected chi connectivity index (χ4v) is 1.82. The van der Waals surface area contributed by atoms with E-state index >= 15 is 0 Å². The highest BCUT2D eigenvalue weighted by Crippen LogP contribution is 2.08. The second-order valence-electron chi connectivity index (χ2n) is 4.52. The van der Waals surface area contributed by atoms with Crippen LogP contribution in [0.3, 0.4) is 0 Å². The van der Waals surface area contributed by atoms with E-state index in [1.807, 2.05) is 6.08 Å². The number of hydrogen-bond donors (Lipinski definition) is 0. The molecular formula is C14H24O3. The molecule has 0 fully saturated rings. The van der Waals surface area contributed by atoms with Crippen LogP contribution in [-0.4, -0.2) is 25.3 Å². The lowest BCUT2D eigenvalue weighted by atomic mass is 10.1. The summed E-state index contributed by atoms with van der Waals surface area (Å²) in [5, 5.41) is 0. The molecular weight excluding hydrogens is 216 g/mol. The van der Waals surface area contributed by atoms with E-state index in [1.165, 1.54) is 25.7 Å². The molecule has 3 nitrogen and oxygen atoms in total. The molecule has 0 saturated carbocycles. The first-order chi connectivity index (χ1) is 8.30. The Morgan fingerprint density at radius 3 is 2.59 bits per heavy atom. The topological polar surface area (TPSA) is 35.5 Å². The average molecular weight is 240 g/mol. The lowest BCUT2D eigenvalue weighted by molar-refractivity contribution is -0.155. The monoisotopic (exact) mass is 240 g/mol. The van der Waals surface area contributed by atoms with Crippen molar-refractivity contribution in [1.29, 1.82) is 0 Å². The Morgan fingerprint density at radius 1 is 1.06 bits per heavy atom. The van der Waals surface area contributed by atoms with E-state index in [2.05, 4.69) is 6.08 Å². The molecule has 0 aliphatic carbocycles. The lowest BCUT2D eigenvalue weighted by Gasteiger charge is -2.11. The molecule has 98 valence electrons. The van der Waals surface area contributed by atoms with Gasteiger partial charge in [0.1, 0.15) is 0 Å². The SMILES string of the molecule is CC1OC/C=C/CCCCCCCCOC1=O. The van der Waals surface area contributed by atoms with Crippen LogP contribution in [0, 0.1) is 0 Å². The van der Waals surface area contributed by atoms with Gasteiger partial charge in [-0.3, -0.25) is 0 Å². The van der Waals surface area contributed by atoms with Crippen molar-refractivity contribution >= 4 is 5.97 Å². The van der Waals surface area contributed by atoms with E-state index < -0.39 is 6.10 Å². The first-order valence-corrected chi connectivity index (χ1v) is 6.74. The highest BCUT2D eigenvalue weighted by atomic mass is 16.6. The molecule has 17 heavy (non-hydrogen) atoms. The minimum atomic E-state index is -0.454. The summed E-state index contributed by atoms with van der Waals surface area (Å²) in [6.07, 6.45) is 12.0. The van der Waals surface area contributed by atoms with E-state index in [-0.39, 0.29) is 5.97 Å². The fraction of sp³-hybridized carbons (Fsp3) is 0.786.